The minimum Gasteiger partial charge on any atom is -0.180 e. The second-order valence-corrected chi connectivity index (χ2v) is 3.21. The van der Waals surface area contributed by atoms with Crippen LogP contribution in [0.5, 0.6) is 0 Å². The summed E-state index contributed by atoms with van der Waals surface area (Å²) in [7, 11) is 9.32. The summed E-state index contributed by atoms with van der Waals surface area (Å²) in [5.41, 5.74) is 0. The van der Waals surface area contributed by atoms with E-state index in [-0.39, 0.29) is 0 Å². The van der Waals surface area contributed by atoms with Gasteiger partial charge >= 0.3 is 0 Å². The molecule has 66 valence electrons. The van der Waals surface area contributed by atoms with Gasteiger partial charge in [0.1, 0.15) is 21.1 Å². The maximum atomic E-state index is 5.32. The van der Waals surface area contributed by atoms with Gasteiger partial charge in [0.05, 0.1) is 0 Å². The zero-order valence-corrected chi connectivity index (χ0v) is 7.90. The molecule has 0 saturated carbocycles. The van der Waals surface area contributed by atoms with Crippen LogP contribution in [0.25, 0.3) is 0 Å². The highest BCUT2D eigenvalue weighted by atomic mass is 16.9. The second kappa shape index (κ2) is 3.66. The third-order valence-corrected chi connectivity index (χ3v) is 0.781. The molecule has 5 heteroatoms. The minimum absolute atomic E-state index is 0.344. The summed E-state index contributed by atoms with van der Waals surface area (Å²) in [4.78, 5) is 5.32. The first-order valence-electron chi connectivity index (χ1n) is 3.32. The van der Waals surface area contributed by atoms with Crippen LogP contribution in [0.4, 0.5) is 0 Å². The van der Waals surface area contributed by atoms with Crippen LogP contribution in [0.1, 0.15) is 0 Å². The number of hydrogen-bond donors (Lipinski definition) is 0. The van der Waals surface area contributed by atoms with E-state index in [4.69, 9.17) is 4.94 Å². The molecule has 0 bridgehead atoms. The van der Waals surface area contributed by atoms with Gasteiger partial charge in [-0.3, -0.25) is 0 Å². The van der Waals surface area contributed by atoms with Crippen molar-refractivity contribution >= 4 is 6.72 Å². The molecule has 0 N–H and O–H groups in total. The predicted octanol–water partition coefficient (Wildman–Crippen LogP) is -0.0666. The Labute approximate surface area is 67.9 Å². The van der Waals surface area contributed by atoms with E-state index in [1.54, 1.807) is 5.01 Å². The number of quaternary nitrogens is 1. The number of rotatable bonds is 4. The number of hydrazone groups is 1. The van der Waals surface area contributed by atoms with E-state index in [0.717, 1.165) is 0 Å². The van der Waals surface area contributed by atoms with Crippen molar-refractivity contribution in [1.29, 1.82) is 0 Å². The smallest absolute Gasteiger partial charge is 0.101 e. The molecular formula is C6H17N4O+. The fraction of sp³-hybridized carbons (Fsp3) is 0.833. The Morgan fingerprint density at radius 2 is 1.73 bits per heavy atom. The molecule has 0 aliphatic rings. The Hall–Kier alpha value is -0.650. The van der Waals surface area contributed by atoms with E-state index in [1.807, 2.05) is 35.2 Å². The van der Waals surface area contributed by atoms with Gasteiger partial charge in [0.15, 0.2) is 0 Å². The van der Waals surface area contributed by atoms with E-state index in [1.165, 1.54) is 5.28 Å². The van der Waals surface area contributed by atoms with Crippen molar-refractivity contribution in [3.63, 3.8) is 0 Å². The van der Waals surface area contributed by atoms with Crippen LogP contribution < -0.4 is 0 Å². The Kier molecular flexibility index (Phi) is 3.44. The van der Waals surface area contributed by atoms with Gasteiger partial charge in [0, 0.05) is 20.8 Å². The van der Waals surface area contributed by atoms with E-state index < -0.39 is 0 Å². The number of nitrogens with zero attached hydrogens (tertiary/aromatic N) is 4. The normalized spacial score (nSPS) is 11.8. The molecule has 11 heavy (non-hydrogen) atoms. The fourth-order valence-corrected chi connectivity index (χ4v) is 0.444. The van der Waals surface area contributed by atoms with Crippen molar-refractivity contribution < 1.29 is 9.58 Å². The van der Waals surface area contributed by atoms with Gasteiger partial charge in [0.25, 0.3) is 0 Å². The summed E-state index contributed by atoms with van der Waals surface area (Å²) in [5.74, 6) is 0. The summed E-state index contributed by atoms with van der Waals surface area (Å²) in [5, 5.41) is 6.65. The Balaban J connectivity index is 3.99. The van der Waals surface area contributed by atoms with Crippen LogP contribution >= 0.6 is 0 Å². The molecule has 0 aromatic rings. The Morgan fingerprint density at radius 1 is 1.27 bits per heavy atom. The van der Waals surface area contributed by atoms with Crippen LogP contribution in [-0.2, 0) is 4.94 Å². The highest BCUT2D eigenvalue weighted by Gasteiger charge is 2.16. The zero-order chi connectivity index (χ0) is 9.07. The van der Waals surface area contributed by atoms with Gasteiger partial charge in [-0.2, -0.15) is 9.66 Å². The van der Waals surface area contributed by atoms with Gasteiger partial charge in [-0.05, 0) is 10.2 Å². The molecule has 0 aliphatic carbocycles. The summed E-state index contributed by atoms with van der Waals surface area (Å²) >= 11 is 0. The number of hydrazine groups is 1. The summed E-state index contributed by atoms with van der Waals surface area (Å²) in [6.07, 6.45) is 0. The minimum atomic E-state index is 0.344. The molecule has 0 unspecified atom stereocenters. The molecule has 0 aliphatic heterocycles. The lowest BCUT2D eigenvalue weighted by molar-refractivity contribution is -1.10. The maximum Gasteiger partial charge on any atom is 0.101 e. The van der Waals surface area contributed by atoms with Crippen LogP contribution in [0.15, 0.2) is 5.10 Å². The van der Waals surface area contributed by atoms with Gasteiger partial charge in [-0.15, -0.1) is 5.10 Å². The number of hydroxylamine groups is 3. The molecule has 0 rings (SSSR count). The lowest BCUT2D eigenvalue weighted by atomic mass is 11.0. The maximum absolute atomic E-state index is 5.32. The van der Waals surface area contributed by atoms with Crippen molar-refractivity contribution in [2.24, 2.45) is 5.10 Å². The largest absolute Gasteiger partial charge is 0.180 e. The quantitative estimate of drug-likeness (QED) is 0.328. The topological polar surface area (TPSA) is 28.1 Å². The van der Waals surface area contributed by atoms with Crippen LogP contribution in [0.3, 0.4) is 0 Å². The van der Waals surface area contributed by atoms with E-state index in [9.17, 15) is 0 Å². The van der Waals surface area contributed by atoms with Crippen molar-refractivity contribution in [1.82, 2.24) is 10.3 Å². The SMILES string of the molecule is C=NN(O[N+](C)(C)C)N(C)C. The average molecular weight is 161 g/mol. The summed E-state index contributed by atoms with van der Waals surface area (Å²) in [6.45, 7) is 3.37. The Bertz CT molecular complexity index is 129. The first-order valence-corrected chi connectivity index (χ1v) is 3.32. The molecular weight excluding hydrogens is 144 g/mol. The molecule has 0 heterocycles. The summed E-state index contributed by atoms with van der Waals surface area (Å²) in [6, 6.07) is 0. The molecule has 0 aromatic carbocycles. The van der Waals surface area contributed by atoms with Crippen LogP contribution in [-0.4, -0.2) is 56.9 Å². The van der Waals surface area contributed by atoms with Crippen LogP contribution in [0, 0.1) is 0 Å². The first kappa shape index (κ1) is 10.3. The highest BCUT2D eigenvalue weighted by Crippen LogP contribution is 2.00. The third-order valence-electron chi connectivity index (χ3n) is 0.781. The molecule has 0 radical (unpaired) electrons. The molecule has 0 fully saturated rings. The monoisotopic (exact) mass is 161 g/mol. The molecule has 0 atom stereocenters. The van der Waals surface area contributed by atoms with E-state index >= 15 is 0 Å². The third kappa shape index (κ3) is 4.72. The van der Waals surface area contributed by atoms with Crippen LogP contribution in [0.2, 0.25) is 0 Å². The molecule has 0 spiro atoms. The highest BCUT2D eigenvalue weighted by molar-refractivity contribution is 5.21. The number of hydrogen-bond acceptors (Lipinski definition) is 4. The van der Waals surface area contributed by atoms with Crippen molar-refractivity contribution in [3.8, 4) is 0 Å². The summed E-state index contributed by atoms with van der Waals surface area (Å²) < 4.78 is 0.344. The lowest BCUT2D eigenvalue weighted by Crippen LogP contribution is -2.45. The van der Waals surface area contributed by atoms with Gasteiger partial charge in [-0.25, -0.2) is 0 Å². The molecule has 0 saturated heterocycles. The first-order chi connectivity index (χ1) is 4.87. The second-order valence-electron chi connectivity index (χ2n) is 3.21. The fourth-order valence-electron chi connectivity index (χ4n) is 0.444. The molecule has 0 amide bonds. The Morgan fingerprint density at radius 3 is 1.82 bits per heavy atom. The van der Waals surface area contributed by atoms with Crippen molar-refractivity contribution in [3.05, 3.63) is 0 Å². The standard InChI is InChI=1S/C6H17N4O/c1-7-9(8(2)3)11-10(4,5)6/h1H2,2-6H3/q+1. The van der Waals surface area contributed by atoms with Gasteiger partial charge in [0.2, 0.25) is 0 Å². The zero-order valence-electron chi connectivity index (χ0n) is 7.90. The lowest BCUT2D eigenvalue weighted by Gasteiger charge is -2.28. The average Bonchev–Trinajstić information content (AvgIpc) is 1.80. The van der Waals surface area contributed by atoms with Gasteiger partial charge in [-0.1, -0.05) is 0 Å². The molecule has 0 aromatic heterocycles. The van der Waals surface area contributed by atoms with Gasteiger partial charge < -0.3 is 0 Å². The van der Waals surface area contributed by atoms with Crippen molar-refractivity contribution in [2.45, 2.75) is 0 Å². The van der Waals surface area contributed by atoms with E-state index in [0.29, 0.717) is 4.65 Å². The van der Waals surface area contributed by atoms with E-state index in [2.05, 4.69) is 11.8 Å². The predicted molar refractivity (Wildman–Crippen MR) is 44.2 cm³/mol. The van der Waals surface area contributed by atoms with Crippen molar-refractivity contribution in [2.75, 3.05) is 35.2 Å². The molecule has 5 nitrogen and oxygen atoms in total.